The van der Waals surface area contributed by atoms with Crippen molar-refractivity contribution in [3.63, 3.8) is 0 Å². The average Bonchev–Trinajstić information content (AvgIpc) is 3.07. The fourth-order valence-electron chi connectivity index (χ4n) is 3.17. The van der Waals surface area contributed by atoms with Crippen LogP contribution in [0.3, 0.4) is 0 Å². The van der Waals surface area contributed by atoms with Crippen LogP contribution < -0.4 is 0 Å². The molecule has 0 saturated carbocycles. The number of hydrogen-bond donors (Lipinski definition) is 0. The second-order valence-corrected chi connectivity index (χ2v) is 7.76. The maximum absolute atomic E-state index is 9.22. The van der Waals surface area contributed by atoms with Crippen molar-refractivity contribution in [2.45, 2.75) is 64.1 Å². The summed E-state index contributed by atoms with van der Waals surface area (Å²) in [4.78, 5) is 5.85. The predicted octanol–water partition coefficient (Wildman–Crippen LogP) is 6.33. The van der Waals surface area contributed by atoms with Gasteiger partial charge >= 0.3 is 0 Å². The number of nitriles is 1. The van der Waals surface area contributed by atoms with Crippen LogP contribution in [0, 0.1) is 25.2 Å². The summed E-state index contributed by atoms with van der Waals surface area (Å²) in [6.45, 7) is 12.3. The van der Waals surface area contributed by atoms with Crippen LogP contribution in [0.2, 0.25) is 0 Å². The van der Waals surface area contributed by atoms with E-state index in [0.717, 1.165) is 40.0 Å². The van der Waals surface area contributed by atoms with Gasteiger partial charge in [0, 0.05) is 17.9 Å². The maximum Gasteiger partial charge on any atom is 0.112 e. The predicted molar refractivity (Wildman–Crippen MR) is 124 cm³/mol. The molecule has 30 heavy (non-hydrogen) atoms. The Labute approximate surface area is 184 Å². The zero-order valence-corrected chi connectivity index (χ0v) is 19.4. The van der Waals surface area contributed by atoms with Crippen LogP contribution in [-0.2, 0) is 24.3 Å². The van der Waals surface area contributed by atoms with E-state index < -0.39 is 0 Å². The molecule has 0 saturated heterocycles. The minimum atomic E-state index is 0.620. The Balaban J connectivity index is 0.00000155. The smallest absolute Gasteiger partial charge is 0.112 e. The molecule has 0 N–H and O–H groups in total. The third kappa shape index (κ3) is 6.48. The maximum atomic E-state index is 9.22. The molecule has 0 fully saturated rings. The second-order valence-electron chi connectivity index (χ2n) is 6.70. The highest BCUT2D eigenvalue weighted by Crippen LogP contribution is 2.32. The van der Waals surface area contributed by atoms with Gasteiger partial charge in [-0.2, -0.15) is 5.26 Å². The molecule has 158 valence electrons. The molecule has 1 heterocycles. The van der Waals surface area contributed by atoms with Crippen molar-refractivity contribution < 1.29 is 4.74 Å². The van der Waals surface area contributed by atoms with E-state index in [-0.39, 0.29) is 0 Å². The van der Waals surface area contributed by atoms with E-state index in [9.17, 15) is 5.26 Å². The van der Waals surface area contributed by atoms with E-state index >= 15 is 0 Å². The molecule has 0 aliphatic carbocycles. The summed E-state index contributed by atoms with van der Waals surface area (Å²) in [6.07, 6.45) is 0.777. The van der Waals surface area contributed by atoms with Crippen LogP contribution in [0.4, 0.5) is 0 Å². The quantitative estimate of drug-likeness (QED) is 0.399. The first-order valence-corrected chi connectivity index (χ1v) is 11.3. The molecule has 3 rings (SSSR count). The van der Waals surface area contributed by atoms with Crippen LogP contribution in [0.15, 0.2) is 58.5 Å². The summed E-state index contributed by atoms with van der Waals surface area (Å²) in [7, 11) is 0. The molecular formula is C25H31N3OS. The van der Waals surface area contributed by atoms with Gasteiger partial charge in [0.25, 0.3) is 0 Å². The highest BCUT2D eigenvalue weighted by Gasteiger charge is 2.15. The SMILES string of the molecule is CC.CCn1c(CCOCc2ccccc2)nc(C)c1Sc1cc(C)cc(C#N)c1. The van der Waals surface area contributed by atoms with Crippen molar-refractivity contribution >= 4 is 11.8 Å². The third-order valence-corrected chi connectivity index (χ3v) is 5.64. The Bertz CT molecular complexity index is 974. The summed E-state index contributed by atoms with van der Waals surface area (Å²) in [6, 6.07) is 18.4. The van der Waals surface area contributed by atoms with Gasteiger partial charge in [0.15, 0.2) is 0 Å². The van der Waals surface area contributed by atoms with Gasteiger partial charge in [-0.15, -0.1) is 0 Å². The molecule has 0 aliphatic rings. The number of aromatic nitrogens is 2. The lowest BCUT2D eigenvalue weighted by molar-refractivity contribution is 0.122. The summed E-state index contributed by atoms with van der Waals surface area (Å²) < 4.78 is 8.09. The minimum absolute atomic E-state index is 0.620. The van der Waals surface area contributed by atoms with Crippen molar-refractivity contribution in [2.24, 2.45) is 0 Å². The average molecular weight is 422 g/mol. The van der Waals surface area contributed by atoms with E-state index in [0.29, 0.717) is 18.8 Å². The molecule has 0 radical (unpaired) electrons. The molecule has 0 aliphatic heterocycles. The molecular weight excluding hydrogens is 390 g/mol. The number of benzene rings is 2. The molecule has 2 aromatic carbocycles. The van der Waals surface area contributed by atoms with Crippen LogP contribution >= 0.6 is 11.8 Å². The standard InChI is InChI=1S/C23H25N3OS.C2H6/c1-4-26-22(10-11-27-16-19-8-6-5-7-9-19)25-18(3)23(26)28-21-13-17(2)12-20(14-21)15-24;1-2/h5-9,12-14H,4,10-11,16H2,1-3H3;1-2H3. The Morgan fingerprint density at radius 3 is 2.50 bits per heavy atom. The van der Waals surface area contributed by atoms with E-state index in [4.69, 9.17) is 9.72 Å². The van der Waals surface area contributed by atoms with Gasteiger partial charge < -0.3 is 9.30 Å². The van der Waals surface area contributed by atoms with Crippen LogP contribution in [0.1, 0.15) is 49.0 Å². The summed E-state index contributed by atoms with van der Waals surface area (Å²) in [5.74, 6) is 1.05. The number of ether oxygens (including phenoxy) is 1. The largest absolute Gasteiger partial charge is 0.376 e. The molecule has 3 aromatic rings. The van der Waals surface area contributed by atoms with E-state index in [1.165, 1.54) is 5.56 Å². The zero-order chi connectivity index (χ0) is 21.9. The fraction of sp³-hybridized carbons (Fsp3) is 0.360. The van der Waals surface area contributed by atoms with Crippen LogP contribution in [0.25, 0.3) is 0 Å². The summed E-state index contributed by atoms with van der Waals surface area (Å²) in [5, 5.41) is 10.4. The Kier molecular flexibility index (Phi) is 9.66. The van der Waals surface area contributed by atoms with Gasteiger partial charge in [0.2, 0.25) is 0 Å². The Morgan fingerprint density at radius 1 is 1.10 bits per heavy atom. The Morgan fingerprint density at radius 2 is 1.83 bits per heavy atom. The van der Waals surface area contributed by atoms with Crippen molar-refractivity contribution in [1.29, 1.82) is 5.26 Å². The fourth-order valence-corrected chi connectivity index (χ4v) is 4.36. The van der Waals surface area contributed by atoms with Gasteiger partial charge in [-0.1, -0.05) is 55.9 Å². The monoisotopic (exact) mass is 421 g/mol. The molecule has 0 unspecified atom stereocenters. The Hall–Kier alpha value is -2.55. The van der Waals surface area contributed by atoms with Crippen molar-refractivity contribution in [3.8, 4) is 6.07 Å². The summed E-state index contributed by atoms with van der Waals surface area (Å²) >= 11 is 1.67. The van der Waals surface area contributed by atoms with Crippen molar-refractivity contribution in [2.75, 3.05) is 6.61 Å². The number of nitrogens with zero attached hydrogens (tertiary/aromatic N) is 3. The topological polar surface area (TPSA) is 50.8 Å². The number of hydrogen-bond acceptors (Lipinski definition) is 4. The van der Waals surface area contributed by atoms with Gasteiger partial charge in [0.1, 0.15) is 10.9 Å². The summed E-state index contributed by atoms with van der Waals surface area (Å²) in [5.41, 5.74) is 3.99. The van der Waals surface area contributed by atoms with Crippen molar-refractivity contribution in [3.05, 3.63) is 76.7 Å². The van der Waals surface area contributed by atoms with E-state index in [1.807, 2.05) is 58.0 Å². The zero-order valence-electron chi connectivity index (χ0n) is 18.6. The minimum Gasteiger partial charge on any atom is -0.376 e. The first-order valence-electron chi connectivity index (χ1n) is 10.5. The number of aryl methyl sites for hydroxylation is 2. The lowest BCUT2D eigenvalue weighted by atomic mass is 10.2. The van der Waals surface area contributed by atoms with Gasteiger partial charge in [0.05, 0.1) is 30.5 Å². The lowest BCUT2D eigenvalue weighted by Gasteiger charge is -2.11. The molecule has 0 spiro atoms. The van der Waals surface area contributed by atoms with Gasteiger partial charge in [-0.3, -0.25) is 0 Å². The first-order chi connectivity index (χ1) is 14.6. The van der Waals surface area contributed by atoms with Crippen LogP contribution in [-0.4, -0.2) is 16.2 Å². The van der Waals surface area contributed by atoms with Gasteiger partial charge in [-0.05, 0) is 50.1 Å². The van der Waals surface area contributed by atoms with E-state index in [2.05, 4.69) is 35.8 Å². The first kappa shape index (κ1) is 23.7. The third-order valence-electron chi connectivity index (χ3n) is 4.46. The normalized spacial score (nSPS) is 10.3. The van der Waals surface area contributed by atoms with Crippen LogP contribution in [0.5, 0.6) is 0 Å². The van der Waals surface area contributed by atoms with Gasteiger partial charge in [-0.25, -0.2) is 4.98 Å². The molecule has 4 nitrogen and oxygen atoms in total. The highest BCUT2D eigenvalue weighted by atomic mass is 32.2. The molecule has 0 atom stereocenters. The highest BCUT2D eigenvalue weighted by molar-refractivity contribution is 7.99. The van der Waals surface area contributed by atoms with Crippen molar-refractivity contribution in [1.82, 2.24) is 9.55 Å². The number of imidazole rings is 1. The molecule has 5 heteroatoms. The molecule has 0 bridgehead atoms. The molecule has 1 aromatic heterocycles. The lowest BCUT2D eigenvalue weighted by Crippen LogP contribution is -2.07. The molecule has 0 amide bonds. The van der Waals surface area contributed by atoms with E-state index in [1.54, 1.807) is 11.8 Å². The number of rotatable bonds is 8. The second kappa shape index (κ2) is 12.2.